The molecule has 0 bridgehead atoms. The van der Waals surface area contributed by atoms with Gasteiger partial charge in [0.05, 0.1) is 16.7 Å². The molecule has 0 saturated heterocycles. The fourth-order valence-corrected chi connectivity index (χ4v) is 3.59. The summed E-state index contributed by atoms with van der Waals surface area (Å²) < 4.78 is 2.29. The number of rotatable bonds is 1. The van der Waals surface area contributed by atoms with Crippen LogP contribution in [0, 0.1) is 6.92 Å². The van der Waals surface area contributed by atoms with E-state index in [0.29, 0.717) is 0 Å². The number of aromatic nitrogens is 2. The number of hydrogen-bond acceptors (Lipinski definition) is 1. The Morgan fingerprint density at radius 1 is 0.792 bits per heavy atom. The van der Waals surface area contributed by atoms with Crippen LogP contribution >= 0.6 is 0 Å². The Hall–Kier alpha value is -3.13. The predicted molar refractivity (Wildman–Crippen MR) is 100 cm³/mol. The Labute approximate surface area is 140 Å². The highest BCUT2D eigenvalue weighted by Crippen LogP contribution is 2.33. The third kappa shape index (κ3) is 1.80. The second kappa shape index (κ2) is 4.93. The summed E-state index contributed by atoms with van der Waals surface area (Å²) in [6, 6.07) is 27.6. The van der Waals surface area contributed by atoms with Crippen molar-refractivity contribution in [1.29, 1.82) is 0 Å². The van der Waals surface area contributed by atoms with Crippen molar-refractivity contribution in [3.63, 3.8) is 0 Å². The van der Waals surface area contributed by atoms with E-state index in [4.69, 9.17) is 4.98 Å². The lowest BCUT2D eigenvalue weighted by Gasteiger charge is -2.11. The van der Waals surface area contributed by atoms with Crippen molar-refractivity contribution < 1.29 is 0 Å². The van der Waals surface area contributed by atoms with E-state index in [9.17, 15) is 0 Å². The van der Waals surface area contributed by atoms with Gasteiger partial charge in [0.1, 0.15) is 5.65 Å². The van der Waals surface area contributed by atoms with Crippen molar-refractivity contribution in [1.82, 2.24) is 9.38 Å². The highest BCUT2D eigenvalue weighted by Gasteiger charge is 2.14. The zero-order valence-corrected chi connectivity index (χ0v) is 13.4. The van der Waals surface area contributed by atoms with Crippen molar-refractivity contribution in [3.8, 4) is 11.3 Å². The van der Waals surface area contributed by atoms with Crippen LogP contribution in [-0.2, 0) is 0 Å². The third-order valence-electron chi connectivity index (χ3n) is 4.69. The fraction of sp³-hybridized carbons (Fsp3) is 0.0455. The lowest BCUT2D eigenvalue weighted by molar-refractivity contribution is 1.24. The molecule has 0 N–H and O–H groups in total. The van der Waals surface area contributed by atoms with E-state index in [1.54, 1.807) is 0 Å². The minimum Gasteiger partial charge on any atom is -0.292 e. The minimum absolute atomic E-state index is 1.03. The van der Waals surface area contributed by atoms with Crippen LogP contribution < -0.4 is 0 Å². The number of fused-ring (bicyclic) bond motifs is 5. The summed E-state index contributed by atoms with van der Waals surface area (Å²) in [5.41, 5.74) is 6.85. The number of hydrogen-bond donors (Lipinski definition) is 0. The lowest BCUT2D eigenvalue weighted by atomic mass is 10.0. The van der Waals surface area contributed by atoms with E-state index in [1.807, 2.05) is 6.07 Å². The van der Waals surface area contributed by atoms with E-state index < -0.39 is 0 Å². The summed E-state index contributed by atoms with van der Waals surface area (Å²) >= 11 is 0. The fourth-order valence-electron chi connectivity index (χ4n) is 3.59. The van der Waals surface area contributed by atoms with Crippen molar-refractivity contribution in [2.24, 2.45) is 0 Å². The molecule has 0 saturated carbocycles. The van der Waals surface area contributed by atoms with Crippen molar-refractivity contribution in [3.05, 3.63) is 84.4 Å². The topological polar surface area (TPSA) is 17.3 Å². The number of aryl methyl sites for hydroxylation is 1. The normalized spacial score (nSPS) is 11.5. The number of para-hydroxylation sites is 2. The van der Waals surface area contributed by atoms with Gasteiger partial charge in [-0.25, -0.2) is 4.98 Å². The first-order valence-electron chi connectivity index (χ1n) is 8.18. The van der Waals surface area contributed by atoms with Crippen molar-refractivity contribution in [2.45, 2.75) is 6.92 Å². The SMILES string of the molecule is Cc1cccc2cc(-c3ccccc3)n3c4ccccc4nc3c12. The molecular weight excluding hydrogens is 292 g/mol. The number of benzene rings is 3. The van der Waals surface area contributed by atoms with Crippen LogP contribution in [0.4, 0.5) is 0 Å². The van der Waals surface area contributed by atoms with Crippen LogP contribution in [0.1, 0.15) is 5.56 Å². The molecule has 3 aromatic carbocycles. The van der Waals surface area contributed by atoms with Gasteiger partial charge in [-0.05, 0) is 41.6 Å². The van der Waals surface area contributed by atoms with Gasteiger partial charge in [-0.3, -0.25) is 4.40 Å². The maximum absolute atomic E-state index is 4.95. The van der Waals surface area contributed by atoms with Gasteiger partial charge in [-0.2, -0.15) is 0 Å². The molecule has 0 aliphatic heterocycles. The average molecular weight is 308 g/mol. The monoisotopic (exact) mass is 308 g/mol. The summed E-state index contributed by atoms with van der Waals surface area (Å²) in [4.78, 5) is 4.95. The second-order valence-corrected chi connectivity index (χ2v) is 6.19. The maximum atomic E-state index is 4.95. The highest BCUT2D eigenvalue weighted by molar-refractivity contribution is 6.02. The first kappa shape index (κ1) is 13.3. The molecule has 2 aromatic heterocycles. The van der Waals surface area contributed by atoms with Gasteiger partial charge < -0.3 is 0 Å². The summed E-state index contributed by atoms with van der Waals surface area (Å²) in [5.74, 6) is 0. The molecular formula is C22H16N2. The second-order valence-electron chi connectivity index (χ2n) is 6.19. The first-order chi connectivity index (χ1) is 11.8. The van der Waals surface area contributed by atoms with Crippen molar-refractivity contribution in [2.75, 3.05) is 0 Å². The van der Waals surface area contributed by atoms with Gasteiger partial charge in [0.2, 0.25) is 0 Å². The quantitative estimate of drug-likeness (QED) is 0.393. The molecule has 0 aliphatic rings. The van der Waals surface area contributed by atoms with Crippen LogP contribution in [0.3, 0.4) is 0 Å². The molecule has 5 aromatic rings. The van der Waals surface area contributed by atoms with E-state index >= 15 is 0 Å². The summed E-state index contributed by atoms with van der Waals surface area (Å²) in [6.07, 6.45) is 0. The van der Waals surface area contributed by atoms with Crippen LogP contribution in [0.5, 0.6) is 0 Å². The van der Waals surface area contributed by atoms with E-state index in [1.165, 1.54) is 27.6 Å². The van der Waals surface area contributed by atoms with E-state index in [2.05, 4.69) is 84.1 Å². The Morgan fingerprint density at radius 2 is 1.58 bits per heavy atom. The average Bonchev–Trinajstić information content (AvgIpc) is 3.01. The van der Waals surface area contributed by atoms with Gasteiger partial charge in [0.15, 0.2) is 0 Å². The summed E-state index contributed by atoms with van der Waals surface area (Å²) in [5, 5.41) is 2.46. The molecule has 2 nitrogen and oxygen atoms in total. The van der Waals surface area contributed by atoms with Crippen LogP contribution in [0.25, 0.3) is 38.7 Å². The molecule has 114 valence electrons. The molecule has 0 radical (unpaired) electrons. The zero-order valence-electron chi connectivity index (χ0n) is 13.4. The predicted octanol–water partition coefficient (Wildman–Crippen LogP) is 5.62. The van der Waals surface area contributed by atoms with Gasteiger partial charge >= 0.3 is 0 Å². The van der Waals surface area contributed by atoms with Crippen LogP contribution in [-0.4, -0.2) is 9.38 Å². The molecule has 0 amide bonds. The molecule has 2 heterocycles. The molecule has 24 heavy (non-hydrogen) atoms. The number of imidazole rings is 1. The summed E-state index contributed by atoms with van der Waals surface area (Å²) in [7, 11) is 0. The molecule has 0 aliphatic carbocycles. The standard InChI is InChI=1S/C22H16N2/c1-15-8-7-11-17-14-20(16-9-3-2-4-10-16)24-19-13-6-5-12-18(19)23-22(24)21(15)17/h2-14H,1H3. The van der Waals surface area contributed by atoms with Gasteiger partial charge in [-0.1, -0.05) is 60.7 Å². The van der Waals surface area contributed by atoms with Gasteiger partial charge in [0.25, 0.3) is 0 Å². The van der Waals surface area contributed by atoms with E-state index in [0.717, 1.165) is 16.7 Å². The first-order valence-corrected chi connectivity index (χ1v) is 8.18. The Kier molecular flexibility index (Phi) is 2.74. The summed E-state index contributed by atoms with van der Waals surface area (Å²) in [6.45, 7) is 2.16. The third-order valence-corrected chi connectivity index (χ3v) is 4.69. The molecule has 2 heteroatoms. The lowest BCUT2D eigenvalue weighted by Crippen LogP contribution is -1.94. The number of nitrogens with zero attached hydrogens (tertiary/aromatic N) is 2. The maximum Gasteiger partial charge on any atom is 0.146 e. The Morgan fingerprint density at radius 3 is 2.46 bits per heavy atom. The van der Waals surface area contributed by atoms with Gasteiger partial charge in [-0.15, -0.1) is 0 Å². The van der Waals surface area contributed by atoms with Crippen molar-refractivity contribution >= 4 is 27.5 Å². The smallest absolute Gasteiger partial charge is 0.146 e. The molecule has 0 unspecified atom stereocenters. The van der Waals surface area contributed by atoms with E-state index in [-0.39, 0.29) is 0 Å². The molecule has 0 spiro atoms. The minimum atomic E-state index is 1.03. The zero-order chi connectivity index (χ0) is 16.1. The Bertz CT molecular complexity index is 1200. The molecule has 5 rings (SSSR count). The Balaban J connectivity index is 2.08. The van der Waals surface area contributed by atoms with Crippen LogP contribution in [0.15, 0.2) is 78.9 Å². The largest absolute Gasteiger partial charge is 0.292 e. The highest BCUT2D eigenvalue weighted by atomic mass is 15.0. The van der Waals surface area contributed by atoms with Crippen LogP contribution in [0.2, 0.25) is 0 Å². The number of pyridine rings is 1. The molecule has 0 fully saturated rings. The molecule has 0 atom stereocenters. The van der Waals surface area contributed by atoms with Gasteiger partial charge in [0, 0.05) is 5.39 Å².